The number of pyridine rings is 1. The number of carbonyl (C=O) groups is 1. The molecule has 1 N–H and O–H groups in total. The van der Waals surface area contributed by atoms with Gasteiger partial charge in [-0.25, -0.2) is 4.79 Å². The van der Waals surface area contributed by atoms with E-state index in [2.05, 4.69) is 10.3 Å². The van der Waals surface area contributed by atoms with Crippen LogP contribution in [-0.4, -0.2) is 42.2 Å². The maximum Gasteiger partial charge on any atom is 0.321 e. The average molecular weight is 362 g/mol. The highest BCUT2D eigenvalue weighted by Gasteiger charge is 2.24. The molecule has 0 unspecified atom stereocenters. The summed E-state index contributed by atoms with van der Waals surface area (Å²) in [7, 11) is 1.56. The fourth-order valence-corrected chi connectivity index (χ4v) is 2.93. The Morgan fingerprint density at radius 1 is 1.32 bits per heavy atom. The number of ether oxygens (including phenoxy) is 2. The van der Waals surface area contributed by atoms with Crippen molar-refractivity contribution in [3.05, 3.63) is 47.7 Å². The summed E-state index contributed by atoms with van der Waals surface area (Å²) < 4.78 is 11.1. The molecule has 6 nitrogen and oxygen atoms in total. The Hall–Kier alpha value is -2.47. The molecule has 132 valence electrons. The van der Waals surface area contributed by atoms with Gasteiger partial charge in [-0.05, 0) is 30.3 Å². The summed E-state index contributed by atoms with van der Waals surface area (Å²) in [5.74, 6) is 1.33. The van der Waals surface area contributed by atoms with Gasteiger partial charge in [0.2, 0.25) is 0 Å². The molecule has 1 fully saturated rings. The number of amides is 2. The summed E-state index contributed by atoms with van der Waals surface area (Å²) in [4.78, 5) is 18.3. The minimum atomic E-state index is -0.166. The summed E-state index contributed by atoms with van der Waals surface area (Å²) in [5.41, 5.74) is 0.564. The molecule has 25 heavy (non-hydrogen) atoms. The molecule has 0 saturated carbocycles. The van der Waals surface area contributed by atoms with Crippen molar-refractivity contribution in [1.29, 1.82) is 0 Å². The lowest BCUT2D eigenvalue weighted by molar-refractivity contribution is 0.115. The van der Waals surface area contributed by atoms with Crippen LogP contribution in [0.3, 0.4) is 0 Å². The number of nitrogens with zero attached hydrogens (tertiary/aromatic N) is 2. The van der Waals surface area contributed by atoms with Gasteiger partial charge in [-0.15, -0.1) is 0 Å². The lowest BCUT2D eigenvalue weighted by Crippen LogP contribution is -2.43. The van der Waals surface area contributed by atoms with E-state index in [0.717, 1.165) is 18.6 Å². The van der Waals surface area contributed by atoms with Gasteiger partial charge in [0.1, 0.15) is 17.6 Å². The first kappa shape index (κ1) is 17.4. The molecule has 7 heteroatoms. The van der Waals surface area contributed by atoms with Crippen molar-refractivity contribution in [2.24, 2.45) is 0 Å². The van der Waals surface area contributed by atoms with Crippen molar-refractivity contribution >= 4 is 23.3 Å². The van der Waals surface area contributed by atoms with Gasteiger partial charge in [-0.1, -0.05) is 11.6 Å². The first-order chi connectivity index (χ1) is 12.2. The fraction of sp³-hybridized carbons (Fsp3) is 0.333. The molecule has 0 aliphatic carbocycles. The van der Waals surface area contributed by atoms with Gasteiger partial charge in [-0.3, -0.25) is 4.98 Å². The third-order valence-electron chi connectivity index (χ3n) is 4.07. The number of methoxy groups -OCH3 is 1. The van der Waals surface area contributed by atoms with E-state index >= 15 is 0 Å². The molecule has 0 spiro atoms. The number of piperidine rings is 1. The van der Waals surface area contributed by atoms with Gasteiger partial charge >= 0.3 is 6.03 Å². The van der Waals surface area contributed by atoms with Crippen LogP contribution in [0, 0.1) is 0 Å². The Kier molecular flexibility index (Phi) is 5.60. The predicted octanol–water partition coefficient (Wildman–Crippen LogP) is 3.82. The van der Waals surface area contributed by atoms with Crippen LogP contribution in [0.2, 0.25) is 5.02 Å². The Balaban J connectivity index is 1.54. The molecule has 1 aromatic heterocycles. The van der Waals surface area contributed by atoms with Crippen LogP contribution < -0.4 is 14.8 Å². The molecule has 1 aliphatic rings. The number of anilines is 1. The highest BCUT2D eigenvalue weighted by Crippen LogP contribution is 2.28. The van der Waals surface area contributed by atoms with Crippen molar-refractivity contribution in [1.82, 2.24) is 9.88 Å². The molecular formula is C18H20ClN3O3. The van der Waals surface area contributed by atoms with E-state index in [9.17, 15) is 4.79 Å². The molecule has 2 heterocycles. The molecule has 2 aromatic rings. The maximum atomic E-state index is 12.5. The summed E-state index contributed by atoms with van der Waals surface area (Å²) in [6.45, 7) is 1.25. The molecule has 1 aliphatic heterocycles. The van der Waals surface area contributed by atoms with Crippen LogP contribution >= 0.6 is 11.6 Å². The van der Waals surface area contributed by atoms with Crippen LogP contribution in [0.4, 0.5) is 10.5 Å². The third kappa shape index (κ3) is 4.54. The molecule has 2 amide bonds. The van der Waals surface area contributed by atoms with E-state index in [1.165, 1.54) is 0 Å². The zero-order valence-corrected chi connectivity index (χ0v) is 14.7. The molecule has 0 bridgehead atoms. The Bertz CT molecular complexity index is 719. The van der Waals surface area contributed by atoms with Gasteiger partial charge in [0.05, 0.1) is 19.0 Å². The number of carbonyl (C=O) groups excluding carboxylic acids is 1. The number of urea groups is 1. The zero-order chi connectivity index (χ0) is 17.6. The monoisotopic (exact) mass is 361 g/mol. The number of likely N-dealkylation sites (tertiary alicyclic amines) is 1. The van der Waals surface area contributed by atoms with Crippen LogP contribution in [0.5, 0.6) is 11.5 Å². The topological polar surface area (TPSA) is 63.7 Å². The number of hydrogen-bond acceptors (Lipinski definition) is 4. The van der Waals surface area contributed by atoms with E-state index < -0.39 is 0 Å². The largest absolute Gasteiger partial charge is 0.495 e. The predicted molar refractivity (Wildman–Crippen MR) is 96.5 cm³/mol. The second-order valence-corrected chi connectivity index (χ2v) is 6.20. The molecule has 0 radical (unpaired) electrons. The summed E-state index contributed by atoms with van der Waals surface area (Å²) in [6, 6.07) is 8.69. The van der Waals surface area contributed by atoms with Crippen molar-refractivity contribution in [2.45, 2.75) is 18.9 Å². The number of hydrogen-bond donors (Lipinski definition) is 1. The van der Waals surface area contributed by atoms with Gasteiger partial charge in [0.15, 0.2) is 0 Å². The van der Waals surface area contributed by atoms with E-state index in [1.807, 2.05) is 12.1 Å². The number of nitrogens with one attached hydrogen (secondary N) is 1. The van der Waals surface area contributed by atoms with Crippen molar-refractivity contribution in [2.75, 3.05) is 25.5 Å². The first-order valence-electron chi connectivity index (χ1n) is 8.12. The van der Waals surface area contributed by atoms with Crippen molar-refractivity contribution in [3.63, 3.8) is 0 Å². The number of benzene rings is 1. The van der Waals surface area contributed by atoms with E-state index in [4.69, 9.17) is 21.1 Å². The SMILES string of the molecule is COc1ccc(Cl)cc1NC(=O)N1CCC(Oc2cccnc2)CC1. The van der Waals surface area contributed by atoms with Crippen LogP contribution in [0.25, 0.3) is 0 Å². The quantitative estimate of drug-likeness (QED) is 0.899. The Morgan fingerprint density at radius 2 is 2.12 bits per heavy atom. The van der Waals surface area contributed by atoms with Crippen LogP contribution in [-0.2, 0) is 0 Å². The van der Waals surface area contributed by atoms with Gasteiger partial charge < -0.3 is 19.7 Å². The van der Waals surface area contributed by atoms with Gasteiger partial charge in [0.25, 0.3) is 0 Å². The van der Waals surface area contributed by atoms with Gasteiger partial charge in [0, 0.05) is 37.2 Å². The van der Waals surface area contributed by atoms with Crippen LogP contribution in [0.1, 0.15) is 12.8 Å². The fourth-order valence-electron chi connectivity index (χ4n) is 2.76. The second kappa shape index (κ2) is 8.07. The summed E-state index contributed by atoms with van der Waals surface area (Å²) >= 11 is 6.00. The zero-order valence-electron chi connectivity index (χ0n) is 13.9. The Morgan fingerprint density at radius 3 is 2.80 bits per heavy atom. The smallest absolute Gasteiger partial charge is 0.321 e. The van der Waals surface area contributed by atoms with E-state index in [1.54, 1.807) is 42.6 Å². The third-order valence-corrected chi connectivity index (χ3v) is 4.30. The number of rotatable bonds is 4. The van der Waals surface area contributed by atoms with Crippen LogP contribution in [0.15, 0.2) is 42.7 Å². The lowest BCUT2D eigenvalue weighted by Gasteiger charge is -2.32. The molecule has 1 saturated heterocycles. The summed E-state index contributed by atoms with van der Waals surface area (Å²) in [6.07, 6.45) is 5.05. The van der Waals surface area contributed by atoms with Gasteiger partial charge in [-0.2, -0.15) is 0 Å². The normalized spacial score (nSPS) is 14.9. The minimum Gasteiger partial charge on any atom is -0.495 e. The molecule has 3 rings (SSSR count). The van der Waals surface area contributed by atoms with Crippen molar-refractivity contribution in [3.8, 4) is 11.5 Å². The standard InChI is InChI=1S/C18H20ClN3O3/c1-24-17-5-4-13(19)11-16(17)21-18(23)22-9-6-14(7-10-22)25-15-3-2-8-20-12-15/h2-5,8,11-12,14H,6-7,9-10H2,1H3,(H,21,23). The molecule has 1 aromatic carbocycles. The molecule has 0 atom stereocenters. The van der Waals surface area contributed by atoms with E-state index in [-0.39, 0.29) is 12.1 Å². The van der Waals surface area contributed by atoms with Crippen molar-refractivity contribution < 1.29 is 14.3 Å². The highest BCUT2D eigenvalue weighted by atomic mass is 35.5. The number of aromatic nitrogens is 1. The summed E-state index contributed by atoms with van der Waals surface area (Å²) in [5, 5.41) is 3.40. The minimum absolute atomic E-state index is 0.0916. The average Bonchev–Trinajstić information content (AvgIpc) is 2.63. The number of halogens is 1. The van der Waals surface area contributed by atoms with E-state index in [0.29, 0.717) is 29.5 Å². The molecular weight excluding hydrogens is 342 g/mol. The lowest BCUT2D eigenvalue weighted by atomic mass is 10.1. The Labute approximate surface area is 151 Å². The second-order valence-electron chi connectivity index (χ2n) is 5.77. The maximum absolute atomic E-state index is 12.5. The first-order valence-corrected chi connectivity index (χ1v) is 8.49. The highest BCUT2D eigenvalue weighted by molar-refractivity contribution is 6.31.